The molecule has 0 spiro atoms. The Bertz CT molecular complexity index is 589. The number of primary amides is 1. The van der Waals surface area contributed by atoms with E-state index in [9.17, 15) is 24.3 Å². The second-order valence-corrected chi connectivity index (χ2v) is 7.70. The number of rotatable bonds is 10. The number of β-amino-alcohol motifs (C(OH)–C–C–N with tert-alkyl or cyclic N) is 1. The van der Waals surface area contributed by atoms with Gasteiger partial charge in [0.25, 0.3) is 0 Å². The molecule has 1 rings (SSSR count). The minimum atomic E-state index is -1.03. The molecule has 0 aromatic rings. The molecule has 11 heteroatoms. The van der Waals surface area contributed by atoms with E-state index in [1.165, 1.54) is 4.90 Å². The third-order valence-electron chi connectivity index (χ3n) is 4.20. The average Bonchev–Trinajstić information content (AvgIpc) is 2.96. The summed E-state index contributed by atoms with van der Waals surface area (Å²) in [5.41, 5.74) is 4.66. The van der Waals surface area contributed by atoms with Crippen LogP contribution in [0.1, 0.15) is 40.0 Å². The molecule has 1 aliphatic rings. The van der Waals surface area contributed by atoms with Crippen molar-refractivity contribution in [2.24, 2.45) is 11.1 Å². The number of nitrogens with two attached hydrogens (primary N) is 1. The largest absolute Gasteiger partial charge is 0.481 e. The van der Waals surface area contributed by atoms with Crippen molar-refractivity contribution >= 4 is 23.7 Å². The summed E-state index contributed by atoms with van der Waals surface area (Å²) in [5, 5.41) is 20.9. The molecule has 160 valence electrons. The number of carboxylic acids is 1. The molecule has 28 heavy (non-hydrogen) atoms. The molecule has 0 aliphatic carbocycles. The van der Waals surface area contributed by atoms with E-state index in [-0.39, 0.29) is 39.0 Å². The summed E-state index contributed by atoms with van der Waals surface area (Å²) < 4.78 is 0. The van der Waals surface area contributed by atoms with E-state index in [0.717, 1.165) is 0 Å². The number of nitrogens with zero attached hydrogens (tertiary/aromatic N) is 1. The van der Waals surface area contributed by atoms with Gasteiger partial charge in [-0.2, -0.15) is 0 Å². The lowest BCUT2D eigenvalue weighted by atomic mass is 9.85. The van der Waals surface area contributed by atoms with Crippen LogP contribution in [-0.4, -0.2) is 76.7 Å². The maximum absolute atomic E-state index is 12.9. The molecule has 0 bridgehead atoms. The van der Waals surface area contributed by atoms with Gasteiger partial charge in [0.05, 0.1) is 32.2 Å². The molecular formula is C17H29N3O8. The molecule has 0 saturated carbocycles. The van der Waals surface area contributed by atoms with Crippen molar-refractivity contribution in [2.75, 3.05) is 19.8 Å². The number of hydrogen-bond donors (Lipinski definition) is 4. The highest BCUT2D eigenvalue weighted by Gasteiger charge is 2.43. The van der Waals surface area contributed by atoms with Crippen LogP contribution in [0.2, 0.25) is 0 Å². The molecule has 0 radical (unpaired) electrons. The lowest BCUT2D eigenvalue weighted by Crippen LogP contribution is -2.57. The van der Waals surface area contributed by atoms with Gasteiger partial charge in [-0.05, 0) is 5.41 Å². The number of carbonyl (C=O) groups is 4. The minimum Gasteiger partial charge on any atom is -0.481 e. The highest BCUT2D eigenvalue weighted by atomic mass is 17.2. The molecule has 0 aromatic carbocycles. The van der Waals surface area contributed by atoms with Gasteiger partial charge in [0.15, 0.2) is 0 Å². The monoisotopic (exact) mass is 403 g/mol. The van der Waals surface area contributed by atoms with Crippen molar-refractivity contribution in [3.63, 3.8) is 0 Å². The summed E-state index contributed by atoms with van der Waals surface area (Å²) in [6.07, 6.45) is -1.13. The van der Waals surface area contributed by atoms with Gasteiger partial charge < -0.3 is 26.2 Å². The Morgan fingerprint density at radius 2 is 1.75 bits per heavy atom. The van der Waals surface area contributed by atoms with Gasteiger partial charge in [-0.1, -0.05) is 20.8 Å². The summed E-state index contributed by atoms with van der Waals surface area (Å²) in [7, 11) is 0. The fourth-order valence-electron chi connectivity index (χ4n) is 2.76. The minimum absolute atomic E-state index is 0.0323. The number of carbonyl (C=O) groups excluding carboxylic acids is 3. The molecule has 0 aromatic heterocycles. The summed E-state index contributed by atoms with van der Waals surface area (Å²) in [6.45, 7) is 4.97. The zero-order valence-electron chi connectivity index (χ0n) is 16.3. The van der Waals surface area contributed by atoms with Gasteiger partial charge >= 0.3 is 5.97 Å². The van der Waals surface area contributed by atoms with E-state index in [1.807, 2.05) is 0 Å². The van der Waals surface area contributed by atoms with E-state index in [1.54, 1.807) is 20.8 Å². The molecule has 2 unspecified atom stereocenters. The normalized spacial score (nSPS) is 20.6. The molecule has 11 nitrogen and oxygen atoms in total. The van der Waals surface area contributed by atoms with Crippen molar-refractivity contribution in [3.05, 3.63) is 0 Å². The third-order valence-corrected chi connectivity index (χ3v) is 4.20. The van der Waals surface area contributed by atoms with Crippen molar-refractivity contribution < 1.29 is 39.2 Å². The third kappa shape index (κ3) is 7.41. The van der Waals surface area contributed by atoms with Crippen LogP contribution in [0.5, 0.6) is 0 Å². The Morgan fingerprint density at radius 3 is 2.25 bits per heavy atom. The second kappa shape index (κ2) is 10.3. The molecule has 1 saturated heterocycles. The van der Waals surface area contributed by atoms with Crippen molar-refractivity contribution in [1.29, 1.82) is 0 Å². The van der Waals surface area contributed by atoms with Gasteiger partial charge in [-0.3, -0.25) is 19.2 Å². The molecule has 1 fully saturated rings. The highest BCUT2D eigenvalue weighted by molar-refractivity contribution is 5.92. The maximum Gasteiger partial charge on any atom is 0.305 e. The molecule has 5 N–H and O–H groups in total. The molecule has 1 heterocycles. The van der Waals surface area contributed by atoms with Crippen molar-refractivity contribution in [2.45, 2.75) is 58.2 Å². The maximum atomic E-state index is 12.9. The van der Waals surface area contributed by atoms with E-state index >= 15 is 0 Å². The molecule has 3 amide bonds. The van der Waals surface area contributed by atoms with E-state index in [2.05, 4.69) is 10.2 Å². The predicted octanol–water partition coefficient (Wildman–Crippen LogP) is -1.22. The average molecular weight is 403 g/mol. The number of aliphatic hydroxyl groups excluding tert-OH is 1. The first kappa shape index (κ1) is 23.8. The van der Waals surface area contributed by atoms with Crippen molar-refractivity contribution in [1.82, 2.24) is 10.2 Å². The number of carboxylic acid groups (broad SMARTS) is 1. The number of hydrogen-bond acceptors (Lipinski definition) is 7. The van der Waals surface area contributed by atoms with E-state index < -0.39 is 47.3 Å². The van der Waals surface area contributed by atoms with Crippen LogP contribution in [0.25, 0.3) is 0 Å². The summed E-state index contributed by atoms with van der Waals surface area (Å²) >= 11 is 0. The standard InChI is InChI=1S/C17H29N3O8/c1-17(2,3)14(16(26)20-9-10(21)8-11(20)15(18)25)19-12(22)4-6-27-28-7-5-13(23)24/h10-11,14,21H,4-9H2,1-3H3,(H2,18,25)(H,19,22)(H,23,24)/t10?,11?,14-/m1/s1. The Labute approximate surface area is 163 Å². The Morgan fingerprint density at radius 1 is 1.18 bits per heavy atom. The SMILES string of the molecule is CC(C)(C)[C@H](NC(=O)CCOOCCC(=O)O)C(=O)N1CC(O)CC1C(N)=O. The lowest BCUT2D eigenvalue weighted by Gasteiger charge is -2.35. The van der Waals surface area contributed by atoms with Crippen LogP contribution in [-0.2, 0) is 29.0 Å². The fourth-order valence-corrected chi connectivity index (χ4v) is 2.76. The van der Waals surface area contributed by atoms with Crippen molar-refractivity contribution in [3.8, 4) is 0 Å². The molecule has 3 atom stereocenters. The van der Waals surface area contributed by atoms with Gasteiger partial charge in [-0.15, -0.1) is 0 Å². The Kier molecular flexibility index (Phi) is 8.79. The Balaban J connectivity index is 2.63. The van der Waals surface area contributed by atoms with Gasteiger partial charge in [0.2, 0.25) is 17.7 Å². The Hall–Kier alpha value is -2.24. The van der Waals surface area contributed by atoms with Gasteiger partial charge in [0, 0.05) is 13.0 Å². The molecule has 1 aliphatic heterocycles. The summed E-state index contributed by atoms with van der Waals surface area (Å²) in [4.78, 5) is 57.6. The second-order valence-electron chi connectivity index (χ2n) is 7.70. The predicted molar refractivity (Wildman–Crippen MR) is 95.5 cm³/mol. The number of likely N-dealkylation sites (tertiary alicyclic amines) is 1. The number of aliphatic hydroxyl groups is 1. The lowest BCUT2D eigenvalue weighted by molar-refractivity contribution is -0.293. The number of amides is 3. The highest BCUT2D eigenvalue weighted by Crippen LogP contribution is 2.26. The van der Waals surface area contributed by atoms with Crippen LogP contribution >= 0.6 is 0 Å². The quantitative estimate of drug-likeness (QED) is 0.200. The topological polar surface area (TPSA) is 168 Å². The summed E-state index contributed by atoms with van der Waals surface area (Å²) in [6, 6.07) is -1.87. The van der Waals surface area contributed by atoms with Crippen LogP contribution in [0.3, 0.4) is 0 Å². The zero-order chi connectivity index (χ0) is 21.5. The van der Waals surface area contributed by atoms with Crippen LogP contribution in [0.15, 0.2) is 0 Å². The van der Waals surface area contributed by atoms with Crippen LogP contribution in [0, 0.1) is 5.41 Å². The summed E-state index contributed by atoms with van der Waals surface area (Å²) in [5.74, 6) is -2.73. The first-order valence-electron chi connectivity index (χ1n) is 8.97. The molecular weight excluding hydrogens is 374 g/mol. The first-order chi connectivity index (χ1) is 12.9. The van der Waals surface area contributed by atoms with Crippen LogP contribution in [0.4, 0.5) is 0 Å². The first-order valence-corrected chi connectivity index (χ1v) is 8.97. The van der Waals surface area contributed by atoms with E-state index in [0.29, 0.717) is 0 Å². The number of nitrogens with one attached hydrogen (secondary N) is 1. The van der Waals surface area contributed by atoms with Crippen LogP contribution < -0.4 is 11.1 Å². The number of aliphatic carboxylic acids is 1. The zero-order valence-corrected chi connectivity index (χ0v) is 16.3. The van der Waals surface area contributed by atoms with Gasteiger partial charge in [-0.25, -0.2) is 9.78 Å². The van der Waals surface area contributed by atoms with Gasteiger partial charge in [0.1, 0.15) is 12.1 Å². The smallest absolute Gasteiger partial charge is 0.305 e. The fraction of sp³-hybridized carbons (Fsp3) is 0.765. The van der Waals surface area contributed by atoms with E-state index in [4.69, 9.17) is 15.7 Å².